The average Bonchev–Trinajstić information content (AvgIpc) is 2.86. The fourth-order valence-corrected chi connectivity index (χ4v) is 2.28. The van der Waals surface area contributed by atoms with Crippen molar-refractivity contribution in [3.8, 4) is 5.75 Å². The van der Waals surface area contributed by atoms with Crippen molar-refractivity contribution in [1.82, 2.24) is 9.78 Å². The number of nitrogens with one attached hydrogen (secondary N) is 1. The van der Waals surface area contributed by atoms with Gasteiger partial charge in [0.25, 0.3) is 5.56 Å². The molecule has 1 N–H and O–H groups in total. The van der Waals surface area contributed by atoms with Gasteiger partial charge in [0.2, 0.25) is 5.91 Å². The van der Waals surface area contributed by atoms with Crippen molar-refractivity contribution in [1.29, 1.82) is 0 Å². The number of methoxy groups -OCH3 is 1. The number of carbonyl (C=O) groups excluding carboxylic acids is 1. The number of nitrogens with zero attached hydrogens (tertiary/aromatic N) is 1. The number of para-hydroxylation sites is 1. The minimum Gasteiger partial charge on any atom is -0.497 e. The monoisotopic (exact) mass is 282 g/mol. The summed E-state index contributed by atoms with van der Waals surface area (Å²) in [7, 11) is 1.59. The maximum atomic E-state index is 12.4. The molecule has 0 saturated carbocycles. The van der Waals surface area contributed by atoms with Gasteiger partial charge in [0, 0.05) is 0 Å². The first-order chi connectivity index (χ1) is 10.2. The molecule has 2 aromatic carbocycles. The molecule has 3 rings (SSSR count). The van der Waals surface area contributed by atoms with E-state index in [-0.39, 0.29) is 17.9 Å². The van der Waals surface area contributed by atoms with Gasteiger partial charge < -0.3 is 4.74 Å². The van der Waals surface area contributed by atoms with Crippen molar-refractivity contribution in [2.24, 2.45) is 0 Å². The lowest BCUT2D eigenvalue weighted by molar-refractivity contribution is 0.0903. The van der Waals surface area contributed by atoms with Gasteiger partial charge in [-0.05, 0) is 29.8 Å². The minimum atomic E-state index is -0.256. The number of hydrogen-bond donors (Lipinski definition) is 1. The lowest BCUT2D eigenvalue weighted by Gasteiger charge is -2.05. The average molecular weight is 282 g/mol. The van der Waals surface area contributed by atoms with E-state index in [0.717, 1.165) is 11.3 Å². The molecule has 0 unspecified atom stereocenters. The van der Waals surface area contributed by atoms with Crippen molar-refractivity contribution >= 4 is 16.8 Å². The Hall–Kier alpha value is -2.82. The largest absolute Gasteiger partial charge is 0.497 e. The van der Waals surface area contributed by atoms with Gasteiger partial charge >= 0.3 is 0 Å². The zero-order valence-corrected chi connectivity index (χ0v) is 11.5. The molecule has 106 valence electrons. The predicted molar refractivity (Wildman–Crippen MR) is 79.9 cm³/mol. The maximum Gasteiger partial charge on any atom is 0.272 e. The van der Waals surface area contributed by atoms with Crippen LogP contribution >= 0.6 is 0 Å². The van der Waals surface area contributed by atoms with Crippen LogP contribution in [0.2, 0.25) is 0 Å². The third-order valence-electron chi connectivity index (χ3n) is 3.37. The number of ether oxygens (including phenoxy) is 1. The van der Waals surface area contributed by atoms with Crippen LogP contribution in [-0.2, 0) is 6.42 Å². The van der Waals surface area contributed by atoms with E-state index >= 15 is 0 Å². The fraction of sp³-hybridized carbons (Fsp3) is 0.125. The SMILES string of the molecule is COc1ccc(CC(=O)n2[nH]c(=O)c3ccccc32)cc1. The second-order valence-electron chi connectivity index (χ2n) is 4.71. The molecule has 5 nitrogen and oxygen atoms in total. The van der Waals surface area contributed by atoms with E-state index in [1.807, 2.05) is 12.1 Å². The fourth-order valence-electron chi connectivity index (χ4n) is 2.28. The minimum absolute atomic E-state index is 0.182. The van der Waals surface area contributed by atoms with Crippen LogP contribution in [0.5, 0.6) is 5.75 Å². The molecule has 0 aliphatic rings. The second-order valence-corrected chi connectivity index (χ2v) is 4.71. The number of fused-ring (bicyclic) bond motifs is 1. The summed E-state index contributed by atoms with van der Waals surface area (Å²) in [5.41, 5.74) is 1.20. The molecule has 0 aliphatic heterocycles. The molecule has 0 radical (unpaired) electrons. The Labute approximate surface area is 120 Å². The van der Waals surface area contributed by atoms with Crippen LogP contribution in [0.1, 0.15) is 10.4 Å². The Morgan fingerprint density at radius 2 is 1.86 bits per heavy atom. The summed E-state index contributed by atoms with van der Waals surface area (Å²) >= 11 is 0. The highest BCUT2D eigenvalue weighted by atomic mass is 16.5. The highest BCUT2D eigenvalue weighted by Gasteiger charge is 2.12. The van der Waals surface area contributed by atoms with Crippen LogP contribution in [0.25, 0.3) is 10.9 Å². The van der Waals surface area contributed by atoms with Gasteiger partial charge in [-0.1, -0.05) is 24.3 Å². The molecule has 0 atom stereocenters. The van der Waals surface area contributed by atoms with Gasteiger partial charge in [-0.2, -0.15) is 0 Å². The summed E-state index contributed by atoms with van der Waals surface area (Å²) in [6.07, 6.45) is 0.207. The number of H-pyrrole nitrogens is 1. The van der Waals surface area contributed by atoms with E-state index in [2.05, 4.69) is 5.10 Å². The third-order valence-corrected chi connectivity index (χ3v) is 3.37. The Kier molecular flexibility index (Phi) is 3.31. The van der Waals surface area contributed by atoms with Crippen LogP contribution in [0, 0.1) is 0 Å². The first-order valence-corrected chi connectivity index (χ1v) is 6.55. The summed E-state index contributed by atoms with van der Waals surface area (Å²) in [6, 6.07) is 14.3. The highest BCUT2D eigenvalue weighted by Crippen LogP contribution is 2.13. The Bertz CT molecular complexity index is 844. The van der Waals surface area contributed by atoms with Crippen LogP contribution in [0.3, 0.4) is 0 Å². The predicted octanol–water partition coefficient (Wildman–Crippen LogP) is 2.22. The Morgan fingerprint density at radius 3 is 2.57 bits per heavy atom. The molecule has 0 fully saturated rings. The van der Waals surface area contributed by atoms with Crippen LogP contribution in [-0.4, -0.2) is 22.8 Å². The van der Waals surface area contributed by atoms with Crippen LogP contribution in [0.4, 0.5) is 0 Å². The van der Waals surface area contributed by atoms with Crippen molar-refractivity contribution in [2.75, 3.05) is 7.11 Å². The first kappa shape index (κ1) is 13.2. The van der Waals surface area contributed by atoms with Gasteiger partial charge in [0.05, 0.1) is 24.4 Å². The van der Waals surface area contributed by atoms with Gasteiger partial charge in [-0.3, -0.25) is 14.7 Å². The maximum absolute atomic E-state index is 12.4. The lowest BCUT2D eigenvalue weighted by atomic mass is 10.1. The molecule has 0 saturated heterocycles. The molecule has 0 amide bonds. The standard InChI is InChI=1S/C16H14N2O3/c1-21-12-8-6-11(7-9-12)10-15(19)18-14-5-3-2-4-13(14)16(20)17-18/h2-9H,10H2,1H3,(H,17,20). The smallest absolute Gasteiger partial charge is 0.272 e. The van der Waals surface area contributed by atoms with Gasteiger partial charge in [0.15, 0.2) is 0 Å². The molecule has 1 heterocycles. The molecule has 0 bridgehead atoms. The molecular formula is C16H14N2O3. The summed E-state index contributed by atoms with van der Waals surface area (Å²) in [4.78, 5) is 24.2. The number of carbonyl (C=O) groups is 1. The van der Waals surface area contributed by atoms with Crippen molar-refractivity contribution in [3.63, 3.8) is 0 Å². The van der Waals surface area contributed by atoms with Crippen molar-refractivity contribution < 1.29 is 9.53 Å². The summed E-state index contributed by atoms with van der Waals surface area (Å²) in [5.74, 6) is 0.560. The number of aromatic amines is 1. The molecule has 5 heteroatoms. The third kappa shape index (κ3) is 2.45. The van der Waals surface area contributed by atoms with Gasteiger partial charge in [-0.25, -0.2) is 4.68 Å². The normalized spacial score (nSPS) is 10.7. The molecule has 0 spiro atoms. The summed E-state index contributed by atoms with van der Waals surface area (Å²) < 4.78 is 6.39. The van der Waals surface area contributed by atoms with Crippen LogP contribution < -0.4 is 10.3 Å². The number of hydrogen-bond acceptors (Lipinski definition) is 3. The van der Waals surface area contributed by atoms with E-state index in [4.69, 9.17) is 4.74 Å². The van der Waals surface area contributed by atoms with E-state index < -0.39 is 0 Å². The van der Waals surface area contributed by atoms with Crippen molar-refractivity contribution in [2.45, 2.75) is 6.42 Å². The quantitative estimate of drug-likeness (QED) is 0.801. The van der Waals surface area contributed by atoms with Crippen molar-refractivity contribution in [3.05, 3.63) is 64.4 Å². The van der Waals surface area contributed by atoms with E-state index in [9.17, 15) is 9.59 Å². The van der Waals surface area contributed by atoms with Gasteiger partial charge in [0.1, 0.15) is 5.75 Å². The first-order valence-electron chi connectivity index (χ1n) is 6.55. The molecule has 21 heavy (non-hydrogen) atoms. The van der Waals surface area contributed by atoms with E-state index in [1.54, 1.807) is 43.5 Å². The van der Waals surface area contributed by atoms with E-state index in [1.165, 1.54) is 4.68 Å². The molecule has 3 aromatic rings. The van der Waals surface area contributed by atoms with Gasteiger partial charge in [-0.15, -0.1) is 0 Å². The molecule has 0 aliphatic carbocycles. The summed E-state index contributed by atoms with van der Waals surface area (Å²) in [6.45, 7) is 0. The molecular weight excluding hydrogens is 268 g/mol. The number of rotatable bonds is 3. The Balaban J connectivity index is 1.91. The van der Waals surface area contributed by atoms with Crippen LogP contribution in [0.15, 0.2) is 53.3 Å². The number of aromatic nitrogens is 2. The zero-order valence-electron chi connectivity index (χ0n) is 11.5. The zero-order chi connectivity index (χ0) is 14.8. The lowest BCUT2D eigenvalue weighted by Crippen LogP contribution is -2.17. The second kappa shape index (κ2) is 5.28. The molecule has 1 aromatic heterocycles. The topological polar surface area (TPSA) is 64.1 Å². The Morgan fingerprint density at radius 1 is 1.14 bits per heavy atom. The highest BCUT2D eigenvalue weighted by molar-refractivity contribution is 5.91. The van der Waals surface area contributed by atoms with E-state index in [0.29, 0.717) is 10.9 Å². The number of benzene rings is 2. The summed E-state index contributed by atoms with van der Waals surface area (Å²) in [5, 5.41) is 3.10.